The number of fused-ring (bicyclic) bond motifs is 1. The Balaban J connectivity index is 1.97. The van der Waals surface area contributed by atoms with E-state index < -0.39 is 11.7 Å². The monoisotopic (exact) mass is 325 g/mol. The average molecular weight is 325 g/mol. The number of para-hydroxylation sites is 1. The maximum Gasteiger partial charge on any atom is 0.419 e. The van der Waals surface area contributed by atoms with Gasteiger partial charge in [0.05, 0.1) is 11.8 Å². The molecule has 1 aromatic carbocycles. The van der Waals surface area contributed by atoms with E-state index in [1.54, 1.807) is 18.3 Å². The fourth-order valence-corrected chi connectivity index (χ4v) is 2.55. The van der Waals surface area contributed by atoms with Crippen molar-refractivity contribution in [2.75, 3.05) is 0 Å². The number of hydrogen-bond acceptors (Lipinski definition) is 4. The molecule has 0 unspecified atom stereocenters. The maximum absolute atomic E-state index is 12.4. The third-order valence-corrected chi connectivity index (χ3v) is 3.53. The molecule has 0 fully saturated rings. The number of furan rings is 1. The summed E-state index contributed by atoms with van der Waals surface area (Å²) in [5, 5.41) is 0.850. The molecule has 2 aromatic heterocycles. The van der Waals surface area contributed by atoms with Crippen LogP contribution in [0.1, 0.15) is 36.9 Å². The van der Waals surface area contributed by atoms with Crippen LogP contribution in [0.2, 0.25) is 0 Å². The zero-order chi connectivity index (χ0) is 17.3. The van der Waals surface area contributed by atoms with Crippen LogP contribution in [0.4, 0.5) is 4.79 Å². The van der Waals surface area contributed by atoms with Crippen molar-refractivity contribution in [2.45, 2.75) is 32.8 Å². The first kappa shape index (κ1) is 16.1. The molecular formula is C19H19NO4. The largest absolute Gasteiger partial charge is 0.461 e. The molecule has 0 atom stereocenters. The fourth-order valence-electron chi connectivity index (χ4n) is 2.55. The minimum absolute atomic E-state index is 0.132. The van der Waals surface area contributed by atoms with Gasteiger partial charge in [-0.15, -0.1) is 0 Å². The number of aromatic nitrogens is 1. The van der Waals surface area contributed by atoms with Crippen molar-refractivity contribution in [3.63, 3.8) is 0 Å². The summed E-state index contributed by atoms with van der Waals surface area (Å²) in [6.07, 6.45) is 2.83. The maximum atomic E-state index is 12.4. The molecule has 0 aliphatic rings. The smallest absolute Gasteiger partial charge is 0.419 e. The van der Waals surface area contributed by atoms with Crippen LogP contribution >= 0.6 is 0 Å². The molecule has 3 rings (SSSR count). The van der Waals surface area contributed by atoms with E-state index in [1.165, 1.54) is 10.8 Å². The van der Waals surface area contributed by atoms with Gasteiger partial charge < -0.3 is 9.15 Å². The molecule has 0 bridgehead atoms. The number of Topliss-reactive ketones (excluding diaryl/α,β-unsaturated/α-hetero) is 1. The molecule has 3 aromatic rings. The van der Waals surface area contributed by atoms with Crippen LogP contribution in [0, 0.1) is 0 Å². The highest BCUT2D eigenvalue weighted by Crippen LogP contribution is 2.24. The number of benzene rings is 1. The van der Waals surface area contributed by atoms with Crippen molar-refractivity contribution in [1.29, 1.82) is 0 Å². The minimum Gasteiger partial charge on any atom is -0.461 e. The Hall–Kier alpha value is -2.82. The molecule has 0 aliphatic heterocycles. The lowest BCUT2D eigenvalue weighted by atomic mass is 10.1. The highest BCUT2D eigenvalue weighted by Gasteiger charge is 2.21. The van der Waals surface area contributed by atoms with Gasteiger partial charge in [-0.2, -0.15) is 0 Å². The fraction of sp³-hybridized carbons (Fsp3) is 0.263. The SMILES string of the molecule is CC(C)(C)OC(=O)n1cc(CC(=O)c2ccco2)c2ccccc21. The first-order valence-corrected chi connectivity index (χ1v) is 7.74. The second-order valence-electron chi connectivity index (χ2n) is 6.60. The third kappa shape index (κ3) is 3.25. The van der Waals surface area contributed by atoms with Crippen molar-refractivity contribution in [3.05, 3.63) is 60.2 Å². The van der Waals surface area contributed by atoms with Gasteiger partial charge >= 0.3 is 6.09 Å². The highest BCUT2D eigenvalue weighted by molar-refractivity contribution is 5.99. The van der Waals surface area contributed by atoms with Crippen LogP contribution in [0.25, 0.3) is 10.9 Å². The second-order valence-corrected chi connectivity index (χ2v) is 6.60. The van der Waals surface area contributed by atoms with Crippen molar-refractivity contribution < 1.29 is 18.7 Å². The van der Waals surface area contributed by atoms with Crippen molar-refractivity contribution in [3.8, 4) is 0 Å². The van der Waals surface area contributed by atoms with Gasteiger partial charge in [0.1, 0.15) is 5.60 Å². The van der Waals surface area contributed by atoms with Crippen LogP contribution in [0.15, 0.2) is 53.3 Å². The van der Waals surface area contributed by atoms with Crippen molar-refractivity contribution in [1.82, 2.24) is 4.57 Å². The average Bonchev–Trinajstić information content (AvgIpc) is 3.14. The molecule has 0 saturated heterocycles. The molecule has 24 heavy (non-hydrogen) atoms. The Morgan fingerprint density at radius 3 is 2.54 bits per heavy atom. The lowest BCUT2D eigenvalue weighted by Gasteiger charge is -2.19. The minimum atomic E-state index is -0.591. The van der Waals surface area contributed by atoms with Gasteiger partial charge in [-0.3, -0.25) is 9.36 Å². The van der Waals surface area contributed by atoms with E-state index in [1.807, 2.05) is 45.0 Å². The molecule has 0 aliphatic carbocycles. The number of carbonyl (C=O) groups is 2. The molecule has 0 N–H and O–H groups in total. The summed E-state index contributed by atoms with van der Waals surface area (Å²) in [6.45, 7) is 5.45. The topological polar surface area (TPSA) is 61.4 Å². The molecule has 0 spiro atoms. The molecule has 2 heterocycles. The van der Waals surface area contributed by atoms with Gasteiger partial charge in [0.25, 0.3) is 0 Å². The summed E-state index contributed by atoms with van der Waals surface area (Å²) < 4.78 is 12.0. The Bertz CT molecular complexity index is 882. The van der Waals surface area contributed by atoms with Crippen LogP contribution in [-0.4, -0.2) is 22.0 Å². The quantitative estimate of drug-likeness (QED) is 0.668. The lowest BCUT2D eigenvalue weighted by Crippen LogP contribution is -2.26. The van der Waals surface area contributed by atoms with Gasteiger partial charge in [-0.25, -0.2) is 4.79 Å². The van der Waals surface area contributed by atoms with Gasteiger partial charge in [-0.1, -0.05) is 18.2 Å². The van der Waals surface area contributed by atoms with E-state index >= 15 is 0 Å². The van der Waals surface area contributed by atoms with Crippen molar-refractivity contribution in [2.24, 2.45) is 0 Å². The predicted molar refractivity (Wildman–Crippen MR) is 90.3 cm³/mol. The number of ketones is 1. The number of carbonyl (C=O) groups excluding carboxylic acids is 2. The molecule has 0 radical (unpaired) electrons. The standard InChI is InChI=1S/C19H19NO4/c1-19(2,3)24-18(22)20-12-13(14-7-4-5-8-15(14)20)11-16(21)17-9-6-10-23-17/h4-10,12H,11H2,1-3H3. The summed E-state index contributed by atoms with van der Waals surface area (Å²) in [4.78, 5) is 24.7. The van der Waals surface area contributed by atoms with E-state index in [2.05, 4.69) is 0 Å². The summed E-state index contributed by atoms with van der Waals surface area (Å²) in [5.74, 6) is 0.177. The molecule has 0 saturated carbocycles. The van der Waals surface area contributed by atoms with Crippen LogP contribution in [-0.2, 0) is 11.2 Å². The van der Waals surface area contributed by atoms with Gasteiger partial charge in [-0.05, 0) is 44.5 Å². The van der Waals surface area contributed by atoms with Gasteiger partial charge in [0.15, 0.2) is 5.76 Å². The first-order valence-electron chi connectivity index (χ1n) is 7.74. The van der Waals surface area contributed by atoms with E-state index in [9.17, 15) is 9.59 Å². The van der Waals surface area contributed by atoms with E-state index in [0.717, 1.165) is 10.9 Å². The molecule has 124 valence electrons. The molecule has 5 nitrogen and oxygen atoms in total. The number of hydrogen-bond donors (Lipinski definition) is 0. The highest BCUT2D eigenvalue weighted by atomic mass is 16.6. The summed E-state index contributed by atoms with van der Waals surface area (Å²) >= 11 is 0. The Morgan fingerprint density at radius 1 is 1.12 bits per heavy atom. The van der Waals surface area contributed by atoms with E-state index in [0.29, 0.717) is 11.3 Å². The van der Waals surface area contributed by atoms with Crippen LogP contribution < -0.4 is 0 Å². The van der Waals surface area contributed by atoms with Gasteiger partial charge in [0.2, 0.25) is 5.78 Å². The van der Waals surface area contributed by atoms with E-state index in [-0.39, 0.29) is 12.2 Å². The molecule has 5 heteroatoms. The Morgan fingerprint density at radius 2 is 1.88 bits per heavy atom. The molecular weight excluding hydrogens is 306 g/mol. The number of ether oxygens (including phenoxy) is 1. The normalized spacial score (nSPS) is 11.6. The van der Waals surface area contributed by atoms with Crippen LogP contribution in [0.3, 0.4) is 0 Å². The van der Waals surface area contributed by atoms with Crippen molar-refractivity contribution >= 4 is 22.8 Å². The number of nitrogens with zero attached hydrogens (tertiary/aromatic N) is 1. The Labute approximate surface area is 139 Å². The zero-order valence-corrected chi connectivity index (χ0v) is 13.9. The van der Waals surface area contributed by atoms with Gasteiger partial charge in [0, 0.05) is 18.0 Å². The first-order chi connectivity index (χ1) is 11.3. The Kier molecular flexibility index (Phi) is 4.01. The lowest BCUT2D eigenvalue weighted by molar-refractivity contribution is 0.0544. The predicted octanol–water partition coefficient (Wildman–Crippen LogP) is 4.44. The second kappa shape index (κ2) is 6.00. The summed E-state index contributed by atoms with van der Waals surface area (Å²) in [6, 6.07) is 10.8. The summed E-state index contributed by atoms with van der Waals surface area (Å²) in [7, 11) is 0. The third-order valence-electron chi connectivity index (χ3n) is 3.53. The van der Waals surface area contributed by atoms with E-state index in [4.69, 9.17) is 9.15 Å². The number of rotatable bonds is 3. The van der Waals surface area contributed by atoms with Crippen LogP contribution in [0.5, 0.6) is 0 Å². The summed E-state index contributed by atoms with van der Waals surface area (Å²) in [5.41, 5.74) is 0.888. The molecule has 0 amide bonds. The zero-order valence-electron chi connectivity index (χ0n) is 13.9.